The Labute approximate surface area is 143 Å². The van der Waals surface area contributed by atoms with Gasteiger partial charge in [-0.2, -0.15) is 0 Å². The second-order valence-electron chi connectivity index (χ2n) is 6.43. The minimum absolute atomic E-state index is 0.119. The van der Waals surface area contributed by atoms with Crippen molar-refractivity contribution in [2.45, 2.75) is 44.7 Å². The van der Waals surface area contributed by atoms with Gasteiger partial charge in [0.05, 0.1) is 0 Å². The summed E-state index contributed by atoms with van der Waals surface area (Å²) < 4.78 is 0. The summed E-state index contributed by atoms with van der Waals surface area (Å²) in [6.07, 6.45) is 5.79. The molecule has 0 unspecified atom stereocenters. The van der Waals surface area contributed by atoms with Crippen molar-refractivity contribution in [3.8, 4) is 0 Å². The third kappa shape index (κ3) is 4.31. The van der Waals surface area contributed by atoms with Crippen molar-refractivity contribution < 1.29 is 4.79 Å². The fraction of sp³-hybridized carbons (Fsp3) is 0.421. The average Bonchev–Trinajstić information content (AvgIpc) is 2.63. The van der Waals surface area contributed by atoms with E-state index < -0.39 is 0 Å². The first-order valence-corrected chi connectivity index (χ1v) is 8.62. The molecule has 0 aliphatic heterocycles. The van der Waals surface area contributed by atoms with Crippen molar-refractivity contribution in [3.63, 3.8) is 0 Å². The molecule has 2 aromatic rings. The Morgan fingerprint density at radius 1 is 1.08 bits per heavy atom. The number of carbonyl (C=O) groups excluding carboxylic acids is 1. The smallest absolute Gasteiger partial charge is 0.272 e. The molecule has 1 aliphatic carbocycles. The van der Waals surface area contributed by atoms with Crippen LogP contribution in [0.5, 0.6) is 0 Å². The topological polar surface area (TPSA) is 58.1 Å². The third-order valence-electron chi connectivity index (χ3n) is 4.48. The number of nitrogens with one attached hydrogen (secondary N) is 1. The van der Waals surface area contributed by atoms with Crippen LogP contribution in [0.25, 0.3) is 0 Å². The van der Waals surface area contributed by atoms with Crippen LogP contribution in [0.4, 0.5) is 5.82 Å². The molecule has 0 atom stereocenters. The molecular weight excluding hydrogens is 300 g/mol. The van der Waals surface area contributed by atoms with E-state index in [1.807, 2.05) is 36.2 Å². The summed E-state index contributed by atoms with van der Waals surface area (Å²) >= 11 is 0. The van der Waals surface area contributed by atoms with Crippen LogP contribution in [-0.4, -0.2) is 29.2 Å². The highest BCUT2D eigenvalue weighted by Gasteiger charge is 2.17. The van der Waals surface area contributed by atoms with Gasteiger partial charge in [-0.05, 0) is 30.5 Å². The van der Waals surface area contributed by atoms with E-state index in [2.05, 4.69) is 27.6 Å². The summed E-state index contributed by atoms with van der Waals surface area (Å²) in [5.41, 5.74) is 1.60. The van der Waals surface area contributed by atoms with Gasteiger partial charge < -0.3 is 10.2 Å². The van der Waals surface area contributed by atoms with E-state index in [4.69, 9.17) is 0 Å². The van der Waals surface area contributed by atoms with Crippen molar-refractivity contribution >= 4 is 11.7 Å². The quantitative estimate of drug-likeness (QED) is 0.918. The number of nitrogens with zero attached hydrogens (tertiary/aromatic N) is 3. The Hall–Kier alpha value is -2.43. The van der Waals surface area contributed by atoms with Crippen LogP contribution in [0.2, 0.25) is 0 Å². The number of hydrogen-bond acceptors (Lipinski definition) is 4. The van der Waals surface area contributed by atoms with Crippen LogP contribution in [0.3, 0.4) is 0 Å². The maximum absolute atomic E-state index is 12.3. The van der Waals surface area contributed by atoms with Gasteiger partial charge in [-0.15, -0.1) is 10.2 Å². The van der Waals surface area contributed by atoms with E-state index in [9.17, 15) is 4.79 Å². The van der Waals surface area contributed by atoms with Crippen LogP contribution in [0, 0.1) is 0 Å². The van der Waals surface area contributed by atoms with Gasteiger partial charge in [0.25, 0.3) is 5.91 Å². The zero-order valence-electron chi connectivity index (χ0n) is 14.1. The Kier molecular flexibility index (Phi) is 5.41. The van der Waals surface area contributed by atoms with E-state index in [0.717, 1.165) is 25.2 Å². The minimum atomic E-state index is -0.119. The van der Waals surface area contributed by atoms with Crippen LogP contribution >= 0.6 is 0 Å². The standard InChI is InChI=1S/C19H24N4O/c1-23(14-15-8-4-2-5-9-15)18-13-12-17(21-22-18)19(24)20-16-10-6-3-7-11-16/h2,4-5,8-9,12-13,16H,3,6-7,10-11,14H2,1H3,(H,20,24). The number of hydrogen-bond donors (Lipinski definition) is 1. The number of amides is 1. The molecule has 1 fully saturated rings. The summed E-state index contributed by atoms with van der Waals surface area (Å²) in [5, 5.41) is 11.4. The number of benzene rings is 1. The first-order valence-electron chi connectivity index (χ1n) is 8.62. The van der Waals surface area contributed by atoms with Crippen molar-refractivity contribution in [1.82, 2.24) is 15.5 Å². The van der Waals surface area contributed by atoms with Gasteiger partial charge in [-0.1, -0.05) is 49.6 Å². The lowest BCUT2D eigenvalue weighted by Gasteiger charge is -2.22. The highest BCUT2D eigenvalue weighted by atomic mass is 16.2. The van der Waals surface area contributed by atoms with E-state index in [0.29, 0.717) is 5.69 Å². The molecule has 24 heavy (non-hydrogen) atoms. The molecule has 0 radical (unpaired) electrons. The second kappa shape index (κ2) is 7.90. The van der Waals surface area contributed by atoms with Crippen molar-refractivity contribution in [3.05, 3.63) is 53.7 Å². The molecular formula is C19H24N4O. The summed E-state index contributed by atoms with van der Waals surface area (Å²) in [6, 6.07) is 14.1. The Morgan fingerprint density at radius 2 is 1.83 bits per heavy atom. The summed E-state index contributed by atoms with van der Waals surface area (Å²) in [4.78, 5) is 14.3. The van der Waals surface area contributed by atoms with E-state index in [1.165, 1.54) is 24.8 Å². The highest BCUT2D eigenvalue weighted by molar-refractivity contribution is 5.92. The molecule has 1 aliphatic rings. The highest BCUT2D eigenvalue weighted by Crippen LogP contribution is 2.18. The first-order chi connectivity index (χ1) is 11.7. The number of carbonyl (C=O) groups is 1. The van der Waals surface area contributed by atoms with Crippen LogP contribution < -0.4 is 10.2 Å². The molecule has 0 spiro atoms. The normalized spacial score (nSPS) is 15.0. The molecule has 1 saturated carbocycles. The zero-order chi connectivity index (χ0) is 16.8. The van der Waals surface area contributed by atoms with Gasteiger partial charge in [0.1, 0.15) is 0 Å². The largest absolute Gasteiger partial charge is 0.354 e. The molecule has 1 aromatic heterocycles. The lowest BCUT2D eigenvalue weighted by molar-refractivity contribution is 0.0921. The Morgan fingerprint density at radius 3 is 2.50 bits per heavy atom. The monoisotopic (exact) mass is 324 g/mol. The lowest BCUT2D eigenvalue weighted by Crippen LogP contribution is -2.36. The Balaban J connectivity index is 1.59. The van der Waals surface area contributed by atoms with Crippen molar-refractivity contribution in [1.29, 1.82) is 0 Å². The molecule has 1 aromatic carbocycles. The van der Waals surface area contributed by atoms with E-state index in [-0.39, 0.29) is 11.9 Å². The van der Waals surface area contributed by atoms with Gasteiger partial charge in [0, 0.05) is 19.6 Å². The van der Waals surface area contributed by atoms with Gasteiger partial charge in [-0.25, -0.2) is 0 Å². The van der Waals surface area contributed by atoms with E-state index >= 15 is 0 Å². The molecule has 5 nitrogen and oxygen atoms in total. The van der Waals surface area contributed by atoms with Crippen molar-refractivity contribution in [2.75, 3.05) is 11.9 Å². The number of anilines is 1. The first kappa shape index (κ1) is 16.4. The molecule has 3 rings (SSSR count). The van der Waals surface area contributed by atoms with Crippen molar-refractivity contribution in [2.24, 2.45) is 0 Å². The van der Waals surface area contributed by atoms with Gasteiger partial charge in [0.15, 0.2) is 11.5 Å². The second-order valence-corrected chi connectivity index (χ2v) is 6.43. The van der Waals surface area contributed by atoms with Gasteiger partial charge in [-0.3, -0.25) is 4.79 Å². The van der Waals surface area contributed by atoms with Crippen LogP contribution in [-0.2, 0) is 6.54 Å². The molecule has 0 bridgehead atoms. The van der Waals surface area contributed by atoms with E-state index in [1.54, 1.807) is 6.07 Å². The predicted octanol–water partition coefficient (Wildman–Crippen LogP) is 3.18. The summed E-state index contributed by atoms with van der Waals surface area (Å²) in [6.45, 7) is 0.753. The molecule has 5 heteroatoms. The fourth-order valence-corrected chi connectivity index (χ4v) is 3.09. The maximum Gasteiger partial charge on any atom is 0.272 e. The lowest BCUT2D eigenvalue weighted by atomic mass is 9.95. The molecule has 0 saturated heterocycles. The summed E-state index contributed by atoms with van der Waals surface area (Å²) in [7, 11) is 1.97. The molecule has 1 N–H and O–H groups in total. The maximum atomic E-state index is 12.3. The number of rotatable bonds is 5. The minimum Gasteiger partial charge on any atom is -0.354 e. The SMILES string of the molecule is CN(Cc1ccccc1)c1ccc(C(=O)NC2CCCCC2)nn1. The average molecular weight is 324 g/mol. The van der Waals surface area contributed by atoms with Crippen LogP contribution in [0.15, 0.2) is 42.5 Å². The van der Waals surface area contributed by atoms with Crippen LogP contribution in [0.1, 0.15) is 48.2 Å². The van der Waals surface area contributed by atoms with Gasteiger partial charge >= 0.3 is 0 Å². The Bertz CT molecular complexity index is 651. The number of aromatic nitrogens is 2. The predicted molar refractivity (Wildman–Crippen MR) is 94.9 cm³/mol. The molecule has 126 valence electrons. The zero-order valence-corrected chi connectivity index (χ0v) is 14.1. The molecule has 1 amide bonds. The third-order valence-corrected chi connectivity index (χ3v) is 4.48. The fourth-order valence-electron chi connectivity index (χ4n) is 3.09. The summed E-state index contributed by atoms with van der Waals surface area (Å²) in [5.74, 6) is 0.639. The molecule has 1 heterocycles. The van der Waals surface area contributed by atoms with Gasteiger partial charge in [0.2, 0.25) is 0 Å².